The van der Waals surface area contributed by atoms with Crippen LogP contribution in [-0.4, -0.2) is 50.3 Å². The molecule has 2 aromatic carbocycles. The Bertz CT molecular complexity index is 1220. The van der Waals surface area contributed by atoms with Crippen molar-refractivity contribution in [2.75, 3.05) is 30.2 Å². The Morgan fingerprint density at radius 3 is 2.61 bits per heavy atom. The van der Waals surface area contributed by atoms with E-state index < -0.39 is 10.0 Å². The molecule has 1 saturated heterocycles. The molecular weight excluding hydrogens is 438 g/mol. The number of likely N-dealkylation sites (N-methyl/N-ethyl adjacent to an activating group) is 1. The lowest BCUT2D eigenvalue weighted by Gasteiger charge is -2.16. The average Bonchev–Trinajstić information content (AvgIpc) is 3.44. The van der Waals surface area contributed by atoms with Gasteiger partial charge < -0.3 is 9.42 Å². The second-order valence-electron chi connectivity index (χ2n) is 8.07. The maximum absolute atomic E-state index is 12.4. The number of amides is 1. The quantitative estimate of drug-likeness (QED) is 0.470. The van der Waals surface area contributed by atoms with E-state index in [1.54, 1.807) is 30.2 Å². The minimum atomic E-state index is -3.19. The molecule has 2 heterocycles. The van der Waals surface area contributed by atoms with Gasteiger partial charge in [-0.25, -0.2) is 8.42 Å². The fourth-order valence-corrected chi connectivity index (χ4v) is 5.32. The van der Waals surface area contributed by atoms with Crippen LogP contribution in [0.25, 0.3) is 17.3 Å². The largest absolute Gasteiger partial charge is 0.361 e. The van der Waals surface area contributed by atoms with E-state index in [0.29, 0.717) is 31.6 Å². The van der Waals surface area contributed by atoms with Gasteiger partial charge in [0.1, 0.15) is 11.5 Å². The van der Waals surface area contributed by atoms with E-state index in [-0.39, 0.29) is 11.7 Å². The number of sulfonamides is 1. The summed E-state index contributed by atoms with van der Waals surface area (Å²) in [6.07, 6.45) is 5.38. The molecule has 1 aliphatic heterocycles. The number of benzene rings is 2. The number of aryl methyl sites for hydroxylation is 1. The molecular formula is C25H27N3O4S. The molecule has 0 atom stereocenters. The van der Waals surface area contributed by atoms with Crippen LogP contribution in [0, 0.1) is 0 Å². The van der Waals surface area contributed by atoms with Crippen molar-refractivity contribution in [2.24, 2.45) is 0 Å². The third-order valence-electron chi connectivity index (χ3n) is 5.62. The smallest absolute Gasteiger partial charge is 0.246 e. The molecule has 7 nitrogen and oxygen atoms in total. The van der Waals surface area contributed by atoms with Crippen LogP contribution in [0.3, 0.4) is 0 Å². The predicted octanol–water partition coefficient (Wildman–Crippen LogP) is 3.99. The molecule has 0 radical (unpaired) electrons. The zero-order chi connectivity index (χ0) is 23.3. The Morgan fingerprint density at radius 2 is 1.91 bits per heavy atom. The number of carbonyl (C=O) groups excluding carboxylic acids is 1. The van der Waals surface area contributed by atoms with E-state index >= 15 is 0 Å². The Balaban J connectivity index is 1.25. The van der Waals surface area contributed by atoms with Crippen LogP contribution in [0.1, 0.15) is 24.2 Å². The summed E-state index contributed by atoms with van der Waals surface area (Å²) in [4.78, 5) is 14.1. The zero-order valence-electron chi connectivity index (χ0n) is 18.6. The van der Waals surface area contributed by atoms with Gasteiger partial charge in [0.05, 0.1) is 11.4 Å². The highest BCUT2D eigenvalue weighted by atomic mass is 32.2. The summed E-state index contributed by atoms with van der Waals surface area (Å²) in [5.41, 5.74) is 3.33. The summed E-state index contributed by atoms with van der Waals surface area (Å²) in [6, 6.07) is 19.0. The number of carbonyl (C=O) groups is 1. The topological polar surface area (TPSA) is 83.7 Å². The molecule has 0 bridgehead atoms. The van der Waals surface area contributed by atoms with Crippen LogP contribution in [0.15, 0.2) is 71.3 Å². The standard InChI is InChI=1S/C25H27N3O4S/c1-27(16-5-9-23-19-24(26-32-23)21-7-3-2-4-8-21)25(29)15-12-20-10-13-22(14-11-20)28-17-6-18-33(28,30)31/h2-4,7-8,10-15,19H,5-6,9,16-18H2,1H3/b15-12+. The van der Waals surface area contributed by atoms with Gasteiger partial charge in [-0.2, -0.15) is 0 Å². The predicted molar refractivity (Wildman–Crippen MR) is 129 cm³/mol. The van der Waals surface area contributed by atoms with E-state index in [1.807, 2.05) is 48.5 Å². The Labute approximate surface area is 194 Å². The van der Waals surface area contributed by atoms with Gasteiger partial charge in [-0.3, -0.25) is 9.10 Å². The molecule has 1 amide bonds. The van der Waals surface area contributed by atoms with Crippen LogP contribution in [0.2, 0.25) is 0 Å². The van der Waals surface area contributed by atoms with E-state index in [2.05, 4.69) is 5.16 Å². The zero-order valence-corrected chi connectivity index (χ0v) is 19.4. The molecule has 1 aliphatic rings. The van der Waals surface area contributed by atoms with Crippen molar-refractivity contribution in [2.45, 2.75) is 19.3 Å². The van der Waals surface area contributed by atoms with Gasteiger partial charge >= 0.3 is 0 Å². The van der Waals surface area contributed by atoms with Crippen LogP contribution < -0.4 is 4.31 Å². The fourth-order valence-electron chi connectivity index (χ4n) is 3.75. The SMILES string of the molecule is CN(CCCc1cc(-c2ccccc2)no1)C(=O)/C=C/c1ccc(N2CCCS2(=O)=O)cc1. The van der Waals surface area contributed by atoms with Gasteiger partial charge in [-0.1, -0.05) is 47.6 Å². The molecule has 0 saturated carbocycles. The van der Waals surface area contributed by atoms with Crippen molar-refractivity contribution in [1.29, 1.82) is 0 Å². The van der Waals surface area contributed by atoms with Gasteiger partial charge in [0, 0.05) is 44.3 Å². The number of hydrogen-bond acceptors (Lipinski definition) is 5. The number of nitrogens with zero attached hydrogens (tertiary/aromatic N) is 3. The van der Waals surface area contributed by atoms with E-state index in [4.69, 9.17) is 4.52 Å². The third-order valence-corrected chi connectivity index (χ3v) is 7.49. The summed E-state index contributed by atoms with van der Waals surface area (Å²) in [7, 11) is -1.42. The molecule has 0 aliphatic carbocycles. The lowest BCUT2D eigenvalue weighted by Crippen LogP contribution is -2.26. The van der Waals surface area contributed by atoms with Gasteiger partial charge in [-0.05, 0) is 36.6 Å². The van der Waals surface area contributed by atoms with Crippen LogP contribution in [-0.2, 0) is 21.2 Å². The highest BCUT2D eigenvalue weighted by Gasteiger charge is 2.28. The average molecular weight is 466 g/mol. The van der Waals surface area contributed by atoms with Crippen molar-refractivity contribution in [1.82, 2.24) is 10.1 Å². The third kappa shape index (κ3) is 5.70. The highest BCUT2D eigenvalue weighted by molar-refractivity contribution is 7.93. The molecule has 4 rings (SSSR count). The van der Waals surface area contributed by atoms with Gasteiger partial charge in [0.25, 0.3) is 0 Å². The lowest BCUT2D eigenvalue weighted by molar-refractivity contribution is -0.124. The summed E-state index contributed by atoms with van der Waals surface area (Å²) < 4.78 is 30.9. The van der Waals surface area contributed by atoms with E-state index in [9.17, 15) is 13.2 Å². The summed E-state index contributed by atoms with van der Waals surface area (Å²) in [6.45, 7) is 1.11. The number of aromatic nitrogens is 1. The second kappa shape index (κ2) is 10.0. The van der Waals surface area contributed by atoms with Crippen LogP contribution in [0.4, 0.5) is 5.69 Å². The minimum Gasteiger partial charge on any atom is -0.361 e. The number of hydrogen-bond donors (Lipinski definition) is 0. The first-order valence-electron chi connectivity index (χ1n) is 11.0. The Kier molecular flexibility index (Phi) is 6.93. The first-order chi connectivity index (χ1) is 15.9. The molecule has 0 unspecified atom stereocenters. The van der Waals surface area contributed by atoms with Crippen molar-refractivity contribution < 1.29 is 17.7 Å². The summed E-state index contributed by atoms with van der Waals surface area (Å²) >= 11 is 0. The van der Waals surface area contributed by atoms with E-state index in [0.717, 1.165) is 29.0 Å². The van der Waals surface area contributed by atoms with Crippen molar-refractivity contribution >= 4 is 27.7 Å². The van der Waals surface area contributed by atoms with Crippen molar-refractivity contribution in [3.05, 3.63) is 78.1 Å². The second-order valence-corrected chi connectivity index (χ2v) is 10.1. The first-order valence-corrected chi connectivity index (χ1v) is 12.6. The maximum atomic E-state index is 12.4. The lowest BCUT2D eigenvalue weighted by atomic mass is 10.1. The molecule has 3 aromatic rings. The summed E-state index contributed by atoms with van der Waals surface area (Å²) in [5.74, 6) is 0.897. The van der Waals surface area contributed by atoms with Crippen molar-refractivity contribution in [3.63, 3.8) is 0 Å². The molecule has 172 valence electrons. The fraction of sp³-hybridized carbons (Fsp3) is 0.280. The molecule has 1 fully saturated rings. The summed E-state index contributed by atoms with van der Waals surface area (Å²) in [5, 5.41) is 4.12. The minimum absolute atomic E-state index is 0.0938. The van der Waals surface area contributed by atoms with Crippen LogP contribution in [0.5, 0.6) is 0 Å². The van der Waals surface area contributed by atoms with Crippen LogP contribution >= 0.6 is 0 Å². The van der Waals surface area contributed by atoms with Gasteiger partial charge in [0.15, 0.2) is 0 Å². The van der Waals surface area contributed by atoms with Gasteiger partial charge in [0.2, 0.25) is 15.9 Å². The molecule has 8 heteroatoms. The number of rotatable bonds is 8. The normalized spacial score (nSPS) is 15.2. The molecule has 1 aromatic heterocycles. The molecule has 0 spiro atoms. The molecule has 0 N–H and O–H groups in total. The maximum Gasteiger partial charge on any atom is 0.246 e. The van der Waals surface area contributed by atoms with E-state index in [1.165, 1.54) is 10.4 Å². The first kappa shape index (κ1) is 22.8. The monoisotopic (exact) mass is 465 g/mol. The van der Waals surface area contributed by atoms with Crippen molar-refractivity contribution in [3.8, 4) is 11.3 Å². The molecule has 33 heavy (non-hydrogen) atoms. The van der Waals surface area contributed by atoms with Gasteiger partial charge in [-0.15, -0.1) is 0 Å². The Hall–Kier alpha value is -3.39. The number of anilines is 1. The highest BCUT2D eigenvalue weighted by Crippen LogP contribution is 2.24. The Morgan fingerprint density at radius 1 is 1.15 bits per heavy atom.